The van der Waals surface area contributed by atoms with Gasteiger partial charge in [0.25, 0.3) is 0 Å². The summed E-state index contributed by atoms with van der Waals surface area (Å²) in [4.78, 5) is 11.5. The molecule has 2 heteroatoms. The van der Waals surface area contributed by atoms with Crippen LogP contribution in [0.5, 0.6) is 0 Å². The first-order valence-electron chi connectivity index (χ1n) is 9.90. The van der Waals surface area contributed by atoms with Crippen LogP contribution in [0.4, 0.5) is 0 Å². The summed E-state index contributed by atoms with van der Waals surface area (Å²) in [6, 6.07) is 0. The van der Waals surface area contributed by atoms with E-state index in [1.54, 1.807) is 0 Å². The van der Waals surface area contributed by atoms with Gasteiger partial charge in [-0.2, -0.15) is 0 Å². The SMILES string of the molecule is CCCC1CCC2C(CCC3CC(OC(=O)CC)CCC32)C1. The zero-order valence-corrected chi connectivity index (χ0v) is 14.6. The molecule has 0 bridgehead atoms. The third-order valence-electron chi connectivity index (χ3n) is 6.88. The maximum Gasteiger partial charge on any atom is 0.305 e. The molecule has 6 atom stereocenters. The number of ether oxygens (including phenoxy) is 1. The van der Waals surface area contributed by atoms with Crippen LogP contribution in [0.3, 0.4) is 0 Å². The highest BCUT2D eigenvalue weighted by Gasteiger charge is 2.44. The van der Waals surface area contributed by atoms with Crippen LogP contribution < -0.4 is 0 Å². The van der Waals surface area contributed by atoms with Crippen molar-refractivity contribution in [1.82, 2.24) is 0 Å². The number of hydrogen-bond acceptors (Lipinski definition) is 2. The summed E-state index contributed by atoms with van der Waals surface area (Å²) < 4.78 is 5.64. The second-order valence-corrected chi connectivity index (χ2v) is 8.17. The molecule has 0 aliphatic heterocycles. The lowest BCUT2D eigenvalue weighted by molar-refractivity contribution is -0.153. The van der Waals surface area contributed by atoms with Gasteiger partial charge in [-0.05, 0) is 74.5 Å². The Morgan fingerprint density at radius 1 is 0.909 bits per heavy atom. The molecule has 0 aromatic carbocycles. The van der Waals surface area contributed by atoms with Crippen LogP contribution in [0.1, 0.15) is 84.5 Å². The molecule has 2 nitrogen and oxygen atoms in total. The lowest BCUT2D eigenvalue weighted by Crippen LogP contribution is -2.43. The number of carbonyl (C=O) groups is 1. The Kier molecular flexibility index (Phi) is 5.46. The summed E-state index contributed by atoms with van der Waals surface area (Å²) in [5.41, 5.74) is 0. The van der Waals surface area contributed by atoms with Gasteiger partial charge >= 0.3 is 5.97 Å². The van der Waals surface area contributed by atoms with Crippen LogP contribution in [0, 0.1) is 29.6 Å². The molecule has 3 rings (SSSR count). The minimum atomic E-state index is -0.00258. The number of rotatable bonds is 4. The second-order valence-electron chi connectivity index (χ2n) is 8.17. The van der Waals surface area contributed by atoms with Crippen molar-refractivity contribution in [3.8, 4) is 0 Å². The van der Waals surface area contributed by atoms with E-state index in [0.29, 0.717) is 6.42 Å². The normalized spacial score (nSPS) is 41.4. The maximum absolute atomic E-state index is 11.5. The molecule has 0 heterocycles. The molecule has 3 fully saturated rings. The fourth-order valence-corrected chi connectivity index (χ4v) is 5.90. The highest BCUT2D eigenvalue weighted by Crippen LogP contribution is 2.53. The van der Waals surface area contributed by atoms with Crippen LogP contribution in [-0.2, 0) is 9.53 Å². The van der Waals surface area contributed by atoms with Crippen LogP contribution in [-0.4, -0.2) is 12.1 Å². The van der Waals surface area contributed by atoms with Gasteiger partial charge < -0.3 is 4.74 Å². The highest BCUT2D eigenvalue weighted by molar-refractivity contribution is 5.69. The molecule has 3 aliphatic rings. The standard InChI is InChI=1S/C20H34O2/c1-3-5-14-6-10-18-15(12-14)7-8-16-13-17(9-11-19(16)18)22-20(21)4-2/h14-19H,3-13H2,1-2H3. The van der Waals surface area contributed by atoms with E-state index in [4.69, 9.17) is 4.74 Å². The number of esters is 1. The van der Waals surface area contributed by atoms with E-state index in [9.17, 15) is 4.79 Å². The van der Waals surface area contributed by atoms with Crippen molar-refractivity contribution in [3.63, 3.8) is 0 Å². The van der Waals surface area contributed by atoms with E-state index in [2.05, 4.69) is 6.92 Å². The van der Waals surface area contributed by atoms with Gasteiger partial charge in [0.05, 0.1) is 0 Å². The zero-order chi connectivity index (χ0) is 15.5. The average Bonchev–Trinajstić information content (AvgIpc) is 2.54. The molecule has 6 unspecified atom stereocenters. The Morgan fingerprint density at radius 3 is 2.27 bits per heavy atom. The minimum Gasteiger partial charge on any atom is -0.462 e. The maximum atomic E-state index is 11.5. The van der Waals surface area contributed by atoms with Crippen LogP contribution in [0.15, 0.2) is 0 Å². The summed E-state index contributed by atoms with van der Waals surface area (Å²) in [5, 5.41) is 0. The third kappa shape index (κ3) is 3.51. The van der Waals surface area contributed by atoms with Gasteiger partial charge in [-0.1, -0.05) is 33.1 Å². The molecule has 0 aromatic heterocycles. The molecule has 0 radical (unpaired) electrons. The van der Waals surface area contributed by atoms with E-state index in [1.165, 1.54) is 51.4 Å². The van der Waals surface area contributed by atoms with Gasteiger partial charge in [0.1, 0.15) is 6.10 Å². The van der Waals surface area contributed by atoms with Crippen molar-refractivity contribution >= 4 is 5.97 Å². The molecule has 0 saturated heterocycles. The van der Waals surface area contributed by atoms with Gasteiger partial charge in [-0.15, -0.1) is 0 Å². The lowest BCUT2D eigenvalue weighted by atomic mass is 9.56. The number of hydrogen-bond donors (Lipinski definition) is 0. The molecular weight excluding hydrogens is 272 g/mol. The zero-order valence-electron chi connectivity index (χ0n) is 14.6. The van der Waals surface area contributed by atoms with Crippen molar-refractivity contribution in [1.29, 1.82) is 0 Å². The third-order valence-corrected chi connectivity index (χ3v) is 6.88. The predicted molar refractivity (Wildman–Crippen MR) is 89.5 cm³/mol. The van der Waals surface area contributed by atoms with Crippen molar-refractivity contribution in [2.45, 2.75) is 90.6 Å². The van der Waals surface area contributed by atoms with Crippen molar-refractivity contribution in [3.05, 3.63) is 0 Å². The molecule has 0 amide bonds. The summed E-state index contributed by atoms with van der Waals surface area (Å²) in [7, 11) is 0. The fourth-order valence-electron chi connectivity index (χ4n) is 5.90. The Balaban J connectivity index is 1.55. The highest BCUT2D eigenvalue weighted by atomic mass is 16.5. The molecule has 22 heavy (non-hydrogen) atoms. The fraction of sp³-hybridized carbons (Fsp3) is 0.950. The smallest absolute Gasteiger partial charge is 0.305 e. The van der Waals surface area contributed by atoms with Gasteiger partial charge in [0.2, 0.25) is 0 Å². The van der Waals surface area contributed by atoms with Gasteiger partial charge in [-0.25, -0.2) is 0 Å². The number of fused-ring (bicyclic) bond motifs is 3. The topological polar surface area (TPSA) is 26.3 Å². The Morgan fingerprint density at radius 2 is 1.59 bits per heavy atom. The monoisotopic (exact) mass is 306 g/mol. The summed E-state index contributed by atoms with van der Waals surface area (Å²) in [6.07, 6.45) is 14.4. The first-order valence-corrected chi connectivity index (χ1v) is 9.90. The van der Waals surface area contributed by atoms with Crippen LogP contribution >= 0.6 is 0 Å². The second kappa shape index (κ2) is 7.36. The number of carbonyl (C=O) groups excluding carboxylic acids is 1. The molecule has 3 saturated carbocycles. The van der Waals surface area contributed by atoms with Crippen LogP contribution in [0.2, 0.25) is 0 Å². The van der Waals surface area contributed by atoms with Gasteiger partial charge in [0, 0.05) is 6.42 Å². The Labute approximate surface area is 136 Å². The quantitative estimate of drug-likeness (QED) is 0.654. The summed E-state index contributed by atoms with van der Waals surface area (Å²) in [5.74, 6) is 4.81. The average molecular weight is 306 g/mol. The first-order chi connectivity index (χ1) is 10.7. The summed E-state index contributed by atoms with van der Waals surface area (Å²) in [6.45, 7) is 4.23. The molecule has 0 aromatic rings. The van der Waals surface area contributed by atoms with Gasteiger partial charge in [0.15, 0.2) is 0 Å². The van der Waals surface area contributed by atoms with E-state index < -0.39 is 0 Å². The van der Waals surface area contributed by atoms with Crippen LogP contribution in [0.25, 0.3) is 0 Å². The van der Waals surface area contributed by atoms with E-state index in [-0.39, 0.29) is 12.1 Å². The largest absolute Gasteiger partial charge is 0.462 e. The Hall–Kier alpha value is -0.530. The lowest BCUT2D eigenvalue weighted by Gasteiger charge is -2.50. The summed E-state index contributed by atoms with van der Waals surface area (Å²) >= 11 is 0. The van der Waals surface area contributed by atoms with Crippen molar-refractivity contribution < 1.29 is 9.53 Å². The van der Waals surface area contributed by atoms with Gasteiger partial charge in [-0.3, -0.25) is 4.79 Å². The molecule has 0 spiro atoms. The van der Waals surface area contributed by atoms with E-state index in [0.717, 1.165) is 42.4 Å². The van der Waals surface area contributed by atoms with Crippen molar-refractivity contribution in [2.24, 2.45) is 29.6 Å². The van der Waals surface area contributed by atoms with Crippen molar-refractivity contribution in [2.75, 3.05) is 0 Å². The molecule has 126 valence electrons. The molecule has 3 aliphatic carbocycles. The van der Waals surface area contributed by atoms with E-state index in [1.807, 2.05) is 6.92 Å². The molecule has 0 N–H and O–H groups in total. The predicted octanol–water partition coefficient (Wildman–Crippen LogP) is 5.35. The Bertz CT molecular complexity index is 378. The van der Waals surface area contributed by atoms with E-state index >= 15 is 0 Å². The minimum absolute atomic E-state index is 0.00258. The first kappa shape index (κ1) is 16.3. The molecular formula is C20H34O2.